The van der Waals surface area contributed by atoms with Crippen molar-refractivity contribution in [3.8, 4) is 0 Å². The third kappa shape index (κ3) is 3.26. The second-order valence-electron chi connectivity index (χ2n) is 8.69. The van der Waals surface area contributed by atoms with Gasteiger partial charge in [-0.25, -0.2) is 0 Å². The highest BCUT2D eigenvalue weighted by Gasteiger charge is 2.69. The lowest BCUT2D eigenvalue weighted by Gasteiger charge is -2.42. The van der Waals surface area contributed by atoms with Crippen molar-refractivity contribution >= 4 is 11.6 Å². The van der Waals surface area contributed by atoms with Gasteiger partial charge in [-0.15, -0.1) is 0 Å². The molecule has 0 saturated heterocycles. The number of rotatable bonds is 1. The molecule has 1 aromatic carbocycles. The lowest BCUT2D eigenvalue weighted by atomic mass is 9.66. The van der Waals surface area contributed by atoms with Crippen LogP contribution < -0.4 is 0 Å². The maximum absolute atomic E-state index is 14.0. The Morgan fingerprint density at radius 1 is 1.30 bits per heavy atom. The number of fused-ring (bicyclic) bond motifs is 1. The molecule has 2 aliphatic rings. The summed E-state index contributed by atoms with van der Waals surface area (Å²) in [6, 6.07) is 6.28. The van der Waals surface area contributed by atoms with Crippen molar-refractivity contribution in [2.45, 2.75) is 58.9 Å². The summed E-state index contributed by atoms with van der Waals surface area (Å²) >= 11 is 0. The van der Waals surface area contributed by atoms with Gasteiger partial charge in [0.25, 0.3) is 11.6 Å². The van der Waals surface area contributed by atoms with E-state index >= 15 is 0 Å². The third-order valence-electron chi connectivity index (χ3n) is 5.81. The van der Waals surface area contributed by atoms with Crippen LogP contribution >= 0.6 is 0 Å². The topological polar surface area (TPSA) is 52.9 Å². The molecule has 1 fully saturated rings. The molecule has 0 spiro atoms. The SMILES string of the molecule is Cc1cccc(C(=O)N2N=C3CC[C@H](C(C)(C)C)C[C@@H]3[C@]2(O)C(F)(F)F)c1. The van der Waals surface area contributed by atoms with Crippen LogP contribution in [0.5, 0.6) is 0 Å². The molecule has 1 aromatic rings. The molecule has 1 aliphatic heterocycles. The molecule has 27 heavy (non-hydrogen) atoms. The molecule has 0 bridgehead atoms. The number of hydrogen-bond acceptors (Lipinski definition) is 3. The normalized spacial score (nSPS) is 28.7. The molecule has 3 rings (SSSR count). The Bertz CT molecular complexity index is 782. The highest BCUT2D eigenvalue weighted by molar-refractivity contribution is 5.99. The quantitative estimate of drug-likeness (QED) is 0.776. The van der Waals surface area contributed by atoms with Crippen LogP contribution in [0.3, 0.4) is 0 Å². The van der Waals surface area contributed by atoms with E-state index in [-0.39, 0.29) is 34.0 Å². The van der Waals surface area contributed by atoms with Crippen molar-refractivity contribution in [3.63, 3.8) is 0 Å². The molecule has 0 aromatic heterocycles. The van der Waals surface area contributed by atoms with Gasteiger partial charge in [-0.3, -0.25) is 4.79 Å². The minimum atomic E-state index is -5.01. The summed E-state index contributed by atoms with van der Waals surface area (Å²) in [4.78, 5) is 12.8. The number of amides is 1. The zero-order valence-corrected chi connectivity index (χ0v) is 16.0. The maximum Gasteiger partial charge on any atom is 0.439 e. The first-order valence-corrected chi connectivity index (χ1v) is 9.13. The fourth-order valence-corrected chi connectivity index (χ4v) is 4.11. The zero-order chi connectivity index (χ0) is 20.2. The third-order valence-corrected chi connectivity index (χ3v) is 5.81. The average Bonchev–Trinajstić information content (AvgIpc) is 2.87. The number of aliphatic hydroxyl groups is 1. The number of hydrogen-bond donors (Lipinski definition) is 1. The fraction of sp³-hybridized carbons (Fsp3) is 0.600. The molecule has 1 amide bonds. The Labute approximate surface area is 157 Å². The smallest absolute Gasteiger partial charge is 0.362 e. The molecule has 0 radical (unpaired) electrons. The van der Waals surface area contributed by atoms with Gasteiger partial charge in [0.1, 0.15) is 0 Å². The minimum absolute atomic E-state index is 0.00402. The number of benzene rings is 1. The Hall–Kier alpha value is -1.89. The lowest BCUT2D eigenvalue weighted by Crippen LogP contribution is -2.62. The van der Waals surface area contributed by atoms with Crippen LogP contribution in [-0.2, 0) is 0 Å². The van der Waals surface area contributed by atoms with E-state index in [1.807, 2.05) is 20.8 Å². The predicted octanol–water partition coefficient (Wildman–Crippen LogP) is 4.52. The predicted molar refractivity (Wildman–Crippen MR) is 96.1 cm³/mol. The van der Waals surface area contributed by atoms with Crippen LogP contribution in [0.4, 0.5) is 13.2 Å². The molecule has 0 unspecified atom stereocenters. The van der Waals surface area contributed by atoms with Crippen LogP contribution in [0.1, 0.15) is 56.0 Å². The van der Waals surface area contributed by atoms with E-state index in [0.717, 1.165) is 5.56 Å². The number of hydrazone groups is 1. The summed E-state index contributed by atoms with van der Waals surface area (Å²) in [7, 11) is 0. The van der Waals surface area contributed by atoms with Crippen molar-refractivity contribution in [1.29, 1.82) is 0 Å². The van der Waals surface area contributed by atoms with E-state index < -0.39 is 23.7 Å². The largest absolute Gasteiger partial charge is 0.439 e. The summed E-state index contributed by atoms with van der Waals surface area (Å²) in [6.07, 6.45) is -3.82. The molecular weight excluding hydrogens is 357 g/mol. The van der Waals surface area contributed by atoms with Gasteiger partial charge in [0, 0.05) is 11.3 Å². The Kier molecular flexibility index (Phi) is 4.65. The molecule has 3 atom stereocenters. The molecule has 1 aliphatic carbocycles. The van der Waals surface area contributed by atoms with Gasteiger partial charge in [0.05, 0.1) is 5.92 Å². The number of aryl methyl sites for hydroxylation is 1. The van der Waals surface area contributed by atoms with Crippen molar-refractivity contribution in [2.24, 2.45) is 22.4 Å². The van der Waals surface area contributed by atoms with Crippen LogP contribution in [-0.4, -0.2) is 33.6 Å². The second kappa shape index (κ2) is 6.33. The summed E-state index contributed by atoms with van der Waals surface area (Å²) in [5.74, 6) is -2.17. The standard InChI is InChI=1S/C20H25F3N2O2/c1-12-6-5-7-13(10-12)17(26)25-19(27,20(21,22)23)15-11-14(18(2,3)4)8-9-16(15)24-25/h5-7,10,14-15,27H,8-9,11H2,1-4H3/t14-,15-,19-/m0/s1. The van der Waals surface area contributed by atoms with Crippen LogP contribution in [0.15, 0.2) is 29.4 Å². The van der Waals surface area contributed by atoms with Crippen LogP contribution in [0.25, 0.3) is 0 Å². The monoisotopic (exact) mass is 382 g/mol. The highest BCUT2D eigenvalue weighted by Crippen LogP contribution is 2.52. The maximum atomic E-state index is 14.0. The molecule has 4 nitrogen and oxygen atoms in total. The van der Waals surface area contributed by atoms with Crippen molar-refractivity contribution in [2.75, 3.05) is 0 Å². The van der Waals surface area contributed by atoms with Crippen LogP contribution in [0, 0.1) is 24.2 Å². The number of nitrogens with zero attached hydrogens (tertiary/aromatic N) is 2. The van der Waals surface area contributed by atoms with E-state index in [9.17, 15) is 23.1 Å². The van der Waals surface area contributed by atoms with Crippen molar-refractivity contribution in [1.82, 2.24) is 5.01 Å². The molecular formula is C20H25F3N2O2. The molecule has 1 N–H and O–H groups in total. The lowest BCUT2D eigenvalue weighted by molar-refractivity contribution is -0.314. The Balaban J connectivity index is 2.02. The van der Waals surface area contributed by atoms with E-state index in [4.69, 9.17) is 0 Å². The van der Waals surface area contributed by atoms with E-state index in [1.54, 1.807) is 19.1 Å². The van der Waals surface area contributed by atoms with Crippen molar-refractivity contribution in [3.05, 3.63) is 35.4 Å². The van der Waals surface area contributed by atoms with Gasteiger partial charge in [-0.2, -0.15) is 23.3 Å². The Morgan fingerprint density at radius 2 is 1.96 bits per heavy atom. The van der Waals surface area contributed by atoms with Gasteiger partial charge >= 0.3 is 6.18 Å². The molecule has 1 heterocycles. The van der Waals surface area contributed by atoms with Crippen molar-refractivity contribution < 1.29 is 23.1 Å². The minimum Gasteiger partial charge on any atom is -0.362 e. The van der Waals surface area contributed by atoms with Crippen LogP contribution in [0.2, 0.25) is 0 Å². The zero-order valence-electron chi connectivity index (χ0n) is 16.0. The van der Waals surface area contributed by atoms with Gasteiger partial charge in [-0.05, 0) is 49.7 Å². The van der Waals surface area contributed by atoms with Gasteiger partial charge < -0.3 is 5.11 Å². The van der Waals surface area contributed by atoms with E-state index in [2.05, 4.69) is 5.10 Å². The highest BCUT2D eigenvalue weighted by atomic mass is 19.4. The first kappa shape index (κ1) is 19.9. The Morgan fingerprint density at radius 3 is 2.52 bits per heavy atom. The van der Waals surface area contributed by atoms with Gasteiger partial charge in [0.15, 0.2) is 0 Å². The van der Waals surface area contributed by atoms with Gasteiger partial charge in [0.2, 0.25) is 0 Å². The van der Waals surface area contributed by atoms with E-state index in [0.29, 0.717) is 12.8 Å². The number of carbonyl (C=O) groups excluding carboxylic acids is 1. The molecule has 7 heteroatoms. The number of halogens is 3. The number of carbonyl (C=O) groups is 1. The first-order valence-electron chi connectivity index (χ1n) is 9.13. The average molecular weight is 382 g/mol. The molecule has 1 saturated carbocycles. The number of alkyl halides is 3. The van der Waals surface area contributed by atoms with E-state index in [1.165, 1.54) is 12.1 Å². The summed E-state index contributed by atoms with van der Waals surface area (Å²) in [5.41, 5.74) is -2.42. The fourth-order valence-electron chi connectivity index (χ4n) is 4.11. The van der Waals surface area contributed by atoms with Gasteiger partial charge in [-0.1, -0.05) is 38.5 Å². The molecule has 148 valence electrons. The summed E-state index contributed by atoms with van der Waals surface area (Å²) in [5, 5.41) is 15.1. The summed E-state index contributed by atoms with van der Waals surface area (Å²) in [6.45, 7) is 7.70. The first-order chi connectivity index (χ1) is 12.4. The summed E-state index contributed by atoms with van der Waals surface area (Å²) < 4.78 is 42.1. The second-order valence-corrected chi connectivity index (χ2v) is 8.69.